The quantitative estimate of drug-likeness (QED) is 0.496. The SMILES string of the molecule is C[Si](C)(C)[C]1[CH][CH]CC[CH][C]1[Si](C)(C)C. The molecular formula is C13H25Si2. The summed E-state index contributed by atoms with van der Waals surface area (Å²) in [4.78, 5) is 0. The zero-order chi connectivity index (χ0) is 11.7. The van der Waals surface area contributed by atoms with Crippen LogP contribution in [-0.4, -0.2) is 16.1 Å². The van der Waals surface area contributed by atoms with Crippen molar-refractivity contribution in [3.63, 3.8) is 0 Å². The third-order valence-corrected chi connectivity index (χ3v) is 7.26. The van der Waals surface area contributed by atoms with E-state index in [1.54, 1.807) is 11.1 Å². The summed E-state index contributed by atoms with van der Waals surface area (Å²) in [6.45, 7) is 14.8. The van der Waals surface area contributed by atoms with Crippen molar-refractivity contribution in [2.45, 2.75) is 52.1 Å². The molecule has 0 N–H and O–H groups in total. The maximum absolute atomic E-state index is 2.53. The highest BCUT2D eigenvalue weighted by Crippen LogP contribution is 2.42. The predicted octanol–water partition coefficient (Wildman–Crippen LogP) is 4.30. The fourth-order valence-electron chi connectivity index (χ4n) is 2.09. The molecule has 0 atom stereocenters. The average molecular weight is 238 g/mol. The largest absolute Gasteiger partial charge is 0.0691 e. The van der Waals surface area contributed by atoms with Crippen molar-refractivity contribution >= 4 is 16.1 Å². The average Bonchev–Trinajstić information content (AvgIpc) is 2.24. The van der Waals surface area contributed by atoms with Crippen LogP contribution in [-0.2, 0) is 0 Å². The van der Waals surface area contributed by atoms with Gasteiger partial charge in [0.2, 0.25) is 0 Å². The minimum atomic E-state index is -1.17. The van der Waals surface area contributed by atoms with Gasteiger partial charge in [-0.15, -0.1) is 0 Å². The molecule has 85 valence electrons. The van der Waals surface area contributed by atoms with Crippen LogP contribution in [0.15, 0.2) is 0 Å². The first-order chi connectivity index (χ1) is 6.73. The first-order valence-corrected chi connectivity index (χ1v) is 13.0. The van der Waals surface area contributed by atoms with E-state index in [4.69, 9.17) is 0 Å². The van der Waals surface area contributed by atoms with E-state index in [2.05, 4.69) is 58.5 Å². The Balaban J connectivity index is 2.86. The lowest BCUT2D eigenvalue weighted by atomic mass is 10.2. The van der Waals surface area contributed by atoms with E-state index in [9.17, 15) is 0 Å². The van der Waals surface area contributed by atoms with Crippen LogP contribution in [0.3, 0.4) is 0 Å². The standard InChI is InChI=1S/C13H25Si2/c1-14(2,3)12-10-8-7-9-11-13(12)15(4,5)6/h8,10-11H,7,9H2,1-6H3. The van der Waals surface area contributed by atoms with E-state index in [1.165, 1.54) is 12.8 Å². The third-order valence-electron chi connectivity index (χ3n) is 2.87. The Labute approximate surface area is 98.9 Å². The van der Waals surface area contributed by atoms with Gasteiger partial charge in [0.05, 0.1) is 16.1 Å². The Kier molecular flexibility index (Phi) is 4.27. The number of rotatable bonds is 2. The van der Waals surface area contributed by atoms with Crippen LogP contribution in [0.1, 0.15) is 12.8 Å². The van der Waals surface area contributed by atoms with E-state index >= 15 is 0 Å². The second-order valence-corrected chi connectivity index (χ2v) is 16.6. The van der Waals surface area contributed by atoms with Crippen molar-refractivity contribution in [2.24, 2.45) is 0 Å². The summed E-state index contributed by atoms with van der Waals surface area (Å²) in [5, 5.41) is 0. The van der Waals surface area contributed by atoms with Crippen LogP contribution in [0.25, 0.3) is 0 Å². The molecule has 0 spiro atoms. The highest BCUT2D eigenvalue weighted by atomic mass is 28.3. The zero-order valence-electron chi connectivity index (χ0n) is 11.1. The van der Waals surface area contributed by atoms with Crippen molar-refractivity contribution in [3.05, 3.63) is 30.3 Å². The summed E-state index contributed by atoms with van der Waals surface area (Å²) in [5.74, 6) is 0. The summed E-state index contributed by atoms with van der Waals surface area (Å²) < 4.78 is 0. The van der Waals surface area contributed by atoms with Gasteiger partial charge in [0.25, 0.3) is 0 Å². The van der Waals surface area contributed by atoms with Crippen molar-refractivity contribution in [3.8, 4) is 0 Å². The van der Waals surface area contributed by atoms with Crippen LogP contribution in [0.4, 0.5) is 0 Å². The molecule has 0 aliphatic heterocycles. The fraction of sp³-hybridized carbons (Fsp3) is 0.615. The molecular weight excluding hydrogens is 212 g/mol. The second-order valence-electron chi connectivity index (χ2n) is 6.51. The molecule has 15 heavy (non-hydrogen) atoms. The molecule has 0 unspecified atom stereocenters. The number of hydrogen-bond acceptors (Lipinski definition) is 0. The summed E-state index contributed by atoms with van der Waals surface area (Å²) in [6, 6.07) is 0. The Morgan fingerprint density at radius 1 is 0.800 bits per heavy atom. The van der Waals surface area contributed by atoms with E-state index in [0.717, 1.165) is 0 Å². The van der Waals surface area contributed by atoms with Gasteiger partial charge >= 0.3 is 0 Å². The van der Waals surface area contributed by atoms with E-state index in [-0.39, 0.29) is 0 Å². The summed E-state index contributed by atoms with van der Waals surface area (Å²) >= 11 is 0. The number of hydrogen-bond donors (Lipinski definition) is 0. The van der Waals surface area contributed by atoms with Gasteiger partial charge in [-0.05, 0) is 43.2 Å². The van der Waals surface area contributed by atoms with Crippen LogP contribution in [0, 0.1) is 30.3 Å². The van der Waals surface area contributed by atoms with Gasteiger partial charge in [-0.1, -0.05) is 39.3 Å². The van der Waals surface area contributed by atoms with Gasteiger partial charge in [-0.2, -0.15) is 0 Å². The molecule has 1 fully saturated rings. The minimum Gasteiger partial charge on any atom is -0.0691 e. The van der Waals surface area contributed by atoms with Crippen LogP contribution < -0.4 is 0 Å². The topological polar surface area (TPSA) is 0 Å². The van der Waals surface area contributed by atoms with Crippen LogP contribution in [0.5, 0.6) is 0 Å². The van der Waals surface area contributed by atoms with Gasteiger partial charge in [-0.3, -0.25) is 0 Å². The van der Waals surface area contributed by atoms with Crippen LogP contribution in [0.2, 0.25) is 39.3 Å². The lowest BCUT2D eigenvalue weighted by Gasteiger charge is -2.40. The molecule has 0 bridgehead atoms. The van der Waals surface area contributed by atoms with Crippen molar-refractivity contribution < 1.29 is 0 Å². The highest BCUT2D eigenvalue weighted by Gasteiger charge is 2.41. The molecule has 1 saturated carbocycles. The smallest absolute Gasteiger partial charge is 0.0516 e. The normalized spacial score (nSPS) is 22.8. The third kappa shape index (κ3) is 3.74. The lowest BCUT2D eigenvalue weighted by molar-refractivity contribution is 0.952. The highest BCUT2D eigenvalue weighted by molar-refractivity contribution is 6.90. The molecule has 1 rings (SSSR count). The van der Waals surface area contributed by atoms with Gasteiger partial charge in [0.15, 0.2) is 0 Å². The predicted molar refractivity (Wildman–Crippen MR) is 75.3 cm³/mol. The van der Waals surface area contributed by atoms with E-state index < -0.39 is 16.1 Å². The maximum Gasteiger partial charge on any atom is 0.0516 e. The molecule has 0 heterocycles. The molecule has 0 aromatic rings. The molecule has 0 aromatic carbocycles. The molecule has 5 radical (unpaired) electrons. The minimum absolute atomic E-state index is 1.15. The zero-order valence-corrected chi connectivity index (χ0v) is 13.1. The van der Waals surface area contributed by atoms with Gasteiger partial charge in [0, 0.05) is 0 Å². The van der Waals surface area contributed by atoms with Crippen LogP contribution >= 0.6 is 0 Å². The Morgan fingerprint density at radius 3 is 1.80 bits per heavy atom. The molecule has 1 aliphatic rings. The molecule has 0 saturated heterocycles. The Hall–Kier alpha value is 0.434. The summed E-state index contributed by atoms with van der Waals surface area (Å²) in [7, 11) is -2.32. The molecule has 0 nitrogen and oxygen atoms in total. The van der Waals surface area contributed by atoms with Crippen molar-refractivity contribution in [1.82, 2.24) is 0 Å². The maximum atomic E-state index is 2.53. The Morgan fingerprint density at radius 2 is 1.33 bits per heavy atom. The fourth-order valence-corrected chi connectivity index (χ4v) is 7.51. The lowest BCUT2D eigenvalue weighted by Crippen LogP contribution is -2.45. The first kappa shape index (κ1) is 13.5. The monoisotopic (exact) mass is 237 g/mol. The van der Waals surface area contributed by atoms with E-state index in [1.807, 2.05) is 0 Å². The summed E-state index contributed by atoms with van der Waals surface area (Å²) in [5.41, 5.74) is 3.44. The van der Waals surface area contributed by atoms with Gasteiger partial charge < -0.3 is 0 Å². The molecule has 1 aliphatic carbocycles. The Bertz CT molecular complexity index is 176. The molecule has 0 amide bonds. The van der Waals surface area contributed by atoms with Gasteiger partial charge in [-0.25, -0.2) is 0 Å². The van der Waals surface area contributed by atoms with Crippen molar-refractivity contribution in [2.75, 3.05) is 0 Å². The van der Waals surface area contributed by atoms with E-state index in [0.29, 0.717) is 0 Å². The summed E-state index contributed by atoms with van der Waals surface area (Å²) in [6.07, 6.45) is 9.80. The molecule has 0 aromatic heterocycles. The second kappa shape index (κ2) is 4.74. The first-order valence-electron chi connectivity index (χ1n) is 5.98. The molecule has 2 heteroatoms. The van der Waals surface area contributed by atoms with Crippen molar-refractivity contribution in [1.29, 1.82) is 0 Å². The van der Waals surface area contributed by atoms with Gasteiger partial charge in [0.1, 0.15) is 0 Å².